The van der Waals surface area contributed by atoms with Crippen LogP contribution in [0.3, 0.4) is 0 Å². The highest BCUT2D eigenvalue weighted by Gasteiger charge is 2.33. The molecule has 1 atom stereocenters. The van der Waals surface area contributed by atoms with E-state index in [1.165, 1.54) is 28.6 Å². The molecule has 178 valence electrons. The fourth-order valence-electron chi connectivity index (χ4n) is 4.79. The van der Waals surface area contributed by atoms with E-state index < -0.39 is 15.9 Å². The monoisotopic (exact) mass is 488 g/mol. The Labute approximate surface area is 203 Å². The van der Waals surface area contributed by atoms with Gasteiger partial charge < -0.3 is 5.32 Å². The molecule has 3 aromatic carbocycles. The van der Waals surface area contributed by atoms with Crippen molar-refractivity contribution in [1.29, 1.82) is 0 Å². The summed E-state index contributed by atoms with van der Waals surface area (Å²) in [4.78, 5) is 39.2. The Hall–Kier alpha value is -3.62. The lowest BCUT2D eigenvalue weighted by Crippen LogP contribution is -2.41. The van der Waals surface area contributed by atoms with Crippen LogP contribution in [0.2, 0.25) is 0 Å². The summed E-state index contributed by atoms with van der Waals surface area (Å²) in [5, 5.41) is 2.72. The van der Waals surface area contributed by atoms with Crippen molar-refractivity contribution in [2.75, 3.05) is 11.9 Å². The number of piperidine rings is 1. The van der Waals surface area contributed by atoms with Crippen molar-refractivity contribution in [1.82, 2.24) is 4.31 Å². The molecule has 0 unspecified atom stereocenters. The van der Waals surface area contributed by atoms with E-state index in [-0.39, 0.29) is 44.9 Å². The number of hydrogen-bond acceptors (Lipinski definition) is 5. The van der Waals surface area contributed by atoms with Crippen LogP contribution in [-0.4, -0.2) is 42.8 Å². The Morgan fingerprint density at radius 3 is 2.20 bits per heavy atom. The van der Waals surface area contributed by atoms with Crippen LogP contribution in [0.25, 0.3) is 0 Å². The van der Waals surface area contributed by atoms with Gasteiger partial charge in [-0.05, 0) is 50.1 Å². The lowest BCUT2D eigenvalue weighted by atomic mass is 9.83. The van der Waals surface area contributed by atoms with E-state index in [1.54, 1.807) is 42.5 Å². The van der Waals surface area contributed by atoms with Gasteiger partial charge in [-0.25, -0.2) is 8.42 Å². The molecule has 35 heavy (non-hydrogen) atoms. The molecule has 2 aliphatic rings. The number of nitrogens with zero attached hydrogens (tertiary/aromatic N) is 1. The largest absolute Gasteiger partial charge is 0.321 e. The first-order chi connectivity index (χ1) is 16.8. The zero-order valence-electron chi connectivity index (χ0n) is 19.2. The van der Waals surface area contributed by atoms with Crippen LogP contribution in [0.1, 0.15) is 68.4 Å². The number of hydrogen-bond donors (Lipinski definition) is 1. The second kappa shape index (κ2) is 8.87. The molecule has 1 fully saturated rings. The van der Waals surface area contributed by atoms with Crippen LogP contribution in [0, 0.1) is 0 Å². The Morgan fingerprint density at radius 1 is 0.857 bits per heavy atom. The van der Waals surface area contributed by atoms with Crippen molar-refractivity contribution in [3.63, 3.8) is 0 Å². The highest BCUT2D eigenvalue weighted by atomic mass is 32.2. The number of rotatable bonds is 4. The van der Waals surface area contributed by atoms with Crippen molar-refractivity contribution < 1.29 is 22.8 Å². The summed E-state index contributed by atoms with van der Waals surface area (Å²) < 4.78 is 27.6. The summed E-state index contributed by atoms with van der Waals surface area (Å²) in [5.41, 5.74) is 1.51. The molecule has 0 saturated carbocycles. The number of carbonyl (C=O) groups excluding carboxylic acids is 3. The summed E-state index contributed by atoms with van der Waals surface area (Å²) in [6.07, 6.45) is 2.67. The standard InChI is InChI=1S/C27H24N2O5S/c1-17-7-4-5-16-29(17)35(33,34)19-14-12-18(13-15-19)27(32)28-23-11-6-10-22-24(23)26(31)21-9-3-2-8-20(21)25(22)30/h2-3,6,8-15,17H,4-5,7,16H2,1H3,(H,28,32)/t17-/m1/s1. The van der Waals surface area contributed by atoms with E-state index in [0.29, 0.717) is 17.7 Å². The fraction of sp³-hybridized carbons (Fsp3) is 0.222. The predicted octanol–water partition coefficient (Wildman–Crippen LogP) is 4.28. The molecule has 7 nitrogen and oxygen atoms in total. The van der Waals surface area contributed by atoms with Crippen LogP contribution in [0.4, 0.5) is 5.69 Å². The number of nitrogens with one attached hydrogen (secondary N) is 1. The second-order valence-electron chi connectivity index (χ2n) is 8.87. The van der Waals surface area contributed by atoms with Crippen LogP contribution in [0.15, 0.2) is 71.6 Å². The fourth-order valence-corrected chi connectivity index (χ4v) is 6.49. The van der Waals surface area contributed by atoms with Crippen molar-refractivity contribution in [2.24, 2.45) is 0 Å². The van der Waals surface area contributed by atoms with Gasteiger partial charge in [-0.3, -0.25) is 14.4 Å². The van der Waals surface area contributed by atoms with Crippen LogP contribution in [0.5, 0.6) is 0 Å². The molecule has 8 heteroatoms. The maximum atomic E-state index is 13.1. The number of ketones is 2. The zero-order chi connectivity index (χ0) is 24.7. The minimum absolute atomic E-state index is 0.0636. The van der Waals surface area contributed by atoms with E-state index in [0.717, 1.165) is 19.3 Å². The van der Waals surface area contributed by atoms with Crippen LogP contribution < -0.4 is 5.32 Å². The average molecular weight is 489 g/mol. The number of anilines is 1. The molecule has 0 spiro atoms. The molecule has 1 heterocycles. The van der Waals surface area contributed by atoms with E-state index in [9.17, 15) is 22.8 Å². The molecule has 1 aliphatic carbocycles. The van der Waals surface area contributed by atoms with E-state index >= 15 is 0 Å². The van der Waals surface area contributed by atoms with Crippen molar-refractivity contribution in [2.45, 2.75) is 37.1 Å². The molecular formula is C27H24N2O5S. The Bertz CT molecular complexity index is 1460. The van der Waals surface area contributed by atoms with E-state index in [2.05, 4.69) is 5.32 Å². The first kappa shape index (κ1) is 23.1. The topological polar surface area (TPSA) is 101 Å². The number of benzene rings is 3. The summed E-state index contributed by atoms with van der Waals surface area (Å²) in [6, 6.07) is 17.1. The van der Waals surface area contributed by atoms with E-state index in [4.69, 9.17) is 0 Å². The predicted molar refractivity (Wildman–Crippen MR) is 131 cm³/mol. The average Bonchev–Trinajstić information content (AvgIpc) is 2.87. The third-order valence-corrected chi connectivity index (χ3v) is 8.69. The Balaban J connectivity index is 1.41. The molecule has 5 rings (SSSR count). The van der Waals surface area contributed by atoms with Gasteiger partial charge in [-0.1, -0.05) is 42.8 Å². The van der Waals surface area contributed by atoms with Gasteiger partial charge >= 0.3 is 0 Å². The molecule has 1 aliphatic heterocycles. The highest BCUT2D eigenvalue weighted by molar-refractivity contribution is 7.89. The molecule has 0 aromatic heterocycles. The summed E-state index contributed by atoms with van der Waals surface area (Å²) >= 11 is 0. The Morgan fingerprint density at radius 2 is 1.51 bits per heavy atom. The minimum Gasteiger partial charge on any atom is -0.321 e. The molecule has 1 N–H and O–H groups in total. The second-order valence-corrected chi connectivity index (χ2v) is 10.8. The minimum atomic E-state index is -3.65. The van der Waals surface area contributed by atoms with Gasteiger partial charge in [-0.2, -0.15) is 4.31 Å². The maximum Gasteiger partial charge on any atom is 0.255 e. The van der Waals surface area contributed by atoms with Crippen LogP contribution in [-0.2, 0) is 10.0 Å². The highest BCUT2D eigenvalue weighted by Crippen LogP contribution is 2.32. The summed E-state index contributed by atoms with van der Waals surface area (Å²) in [7, 11) is -3.65. The quantitative estimate of drug-likeness (QED) is 0.462. The number of amides is 1. The smallest absolute Gasteiger partial charge is 0.255 e. The summed E-state index contributed by atoms with van der Waals surface area (Å²) in [6.45, 7) is 2.39. The molecular weight excluding hydrogens is 464 g/mol. The van der Waals surface area contributed by atoms with Gasteiger partial charge in [0.15, 0.2) is 11.6 Å². The number of carbonyl (C=O) groups is 3. The van der Waals surface area contributed by atoms with Gasteiger partial charge in [-0.15, -0.1) is 0 Å². The van der Waals surface area contributed by atoms with Gasteiger partial charge in [0, 0.05) is 34.8 Å². The number of fused-ring (bicyclic) bond motifs is 2. The van der Waals surface area contributed by atoms with Gasteiger partial charge in [0.1, 0.15) is 0 Å². The van der Waals surface area contributed by atoms with Gasteiger partial charge in [0.05, 0.1) is 16.1 Å². The van der Waals surface area contributed by atoms with Crippen molar-refractivity contribution in [3.05, 3.63) is 94.5 Å². The zero-order valence-corrected chi connectivity index (χ0v) is 20.0. The number of sulfonamides is 1. The lowest BCUT2D eigenvalue weighted by Gasteiger charge is -2.32. The van der Waals surface area contributed by atoms with Crippen molar-refractivity contribution in [3.8, 4) is 0 Å². The third-order valence-electron chi connectivity index (χ3n) is 6.67. The van der Waals surface area contributed by atoms with Crippen LogP contribution >= 0.6 is 0 Å². The van der Waals surface area contributed by atoms with Gasteiger partial charge in [0.2, 0.25) is 10.0 Å². The SMILES string of the molecule is C[C@@H]1CCCCN1S(=O)(=O)c1ccc(C(=O)Nc2cccc3c2C(=O)c2ccccc2C3=O)cc1. The van der Waals surface area contributed by atoms with E-state index in [1.807, 2.05) is 6.92 Å². The van der Waals surface area contributed by atoms with Crippen molar-refractivity contribution >= 4 is 33.2 Å². The van der Waals surface area contributed by atoms with Gasteiger partial charge in [0.25, 0.3) is 5.91 Å². The first-order valence-electron chi connectivity index (χ1n) is 11.5. The third kappa shape index (κ3) is 3.98. The molecule has 1 saturated heterocycles. The Kier molecular flexibility index (Phi) is 5.86. The molecule has 3 aromatic rings. The molecule has 0 radical (unpaired) electrons. The summed E-state index contributed by atoms with van der Waals surface area (Å²) in [5.74, 6) is -1.11. The molecule has 1 amide bonds. The first-order valence-corrected chi connectivity index (χ1v) is 13.0. The normalized spacial score (nSPS) is 18.0. The molecule has 0 bridgehead atoms. The maximum absolute atomic E-state index is 13.1. The lowest BCUT2D eigenvalue weighted by molar-refractivity contribution is 0.0978.